The fourth-order valence-corrected chi connectivity index (χ4v) is 5.40. The van der Waals surface area contributed by atoms with Crippen molar-refractivity contribution in [2.24, 2.45) is 5.41 Å². The van der Waals surface area contributed by atoms with E-state index in [1.54, 1.807) is 25.2 Å². The largest absolute Gasteiger partial charge is 0.369 e. The Bertz CT molecular complexity index is 1260. The predicted molar refractivity (Wildman–Crippen MR) is 132 cm³/mol. The maximum absolute atomic E-state index is 12.9. The molecule has 176 valence electrons. The molecule has 6 rings (SSSR count). The van der Waals surface area contributed by atoms with Gasteiger partial charge >= 0.3 is 0 Å². The number of anilines is 3. The standard InChI is InChI=1S/C25H30N8O/c1-31(2)23(34)20-11-19-13-28-24(30-33(19)22(20)17-5-3-4-6-17)29-21-8-7-18(12-27-21)32-15-25(16-32)9-10-26-14-25/h5,7-8,11-13,26H,3-4,6,9-10,14-16H2,1-2H3,(H,27,29,30). The molecule has 5 heterocycles. The van der Waals surface area contributed by atoms with Gasteiger partial charge in [-0.2, -0.15) is 0 Å². The smallest absolute Gasteiger partial charge is 0.255 e. The van der Waals surface area contributed by atoms with Crippen molar-refractivity contribution in [3.8, 4) is 0 Å². The lowest BCUT2D eigenvalue weighted by Gasteiger charge is -2.49. The molecule has 0 unspecified atom stereocenters. The lowest BCUT2D eigenvalue weighted by Crippen LogP contribution is -2.57. The number of nitrogens with zero attached hydrogens (tertiary/aromatic N) is 6. The molecule has 3 aliphatic rings. The summed E-state index contributed by atoms with van der Waals surface area (Å²) in [6.07, 6.45) is 10.2. The van der Waals surface area contributed by atoms with E-state index >= 15 is 0 Å². The Labute approximate surface area is 198 Å². The molecule has 34 heavy (non-hydrogen) atoms. The summed E-state index contributed by atoms with van der Waals surface area (Å²) in [5.74, 6) is 1.12. The first kappa shape index (κ1) is 21.1. The van der Waals surface area contributed by atoms with Gasteiger partial charge in [-0.3, -0.25) is 4.79 Å². The van der Waals surface area contributed by atoms with Crippen LogP contribution in [0.15, 0.2) is 36.7 Å². The van der Waals surface area contributed by atoms with Gasteiger partial charge in [0.1, 0.15) is 5.82 Å². The average Bonchev–Trinajstić information content (AvgIpc) is 3.57. The number of fused-ring (bicyclic) bond motifs is 1. The fraction of sp³-hybridized carbons (Fsp3) is 0.440. The Kier molecular flexibility index (Phi) is 5.02. The van der Waals surface area contributed by atoms with E-state index < -0.39 is 0 Å². The summed E-state index contributed by atoms with van der Waals surface area (Å²) >= 11 is 0. The fourth-order valence-electron chi connectivity index (χ4n) is 5.40. The van der Waals surface area contributed by atoms with Gasteiger partial charge in [0.25, 0.3) is 5.91 Å². The number of aromatic nitrogens is 4. The van der Waals surface area contributed by atoms with Crippen molar-refractivity contribution >= 4 is 34.5 Å². The Morgan fingerprint density at radius 2 is 2.09 bits per heavy atom. The molecule has 3 aromatic rings. The molecule has 0 radical (unpaired) electrons. The van der Waals surface area contributed by atoms with Gasteiger partial charge < -0.3 is 20.4 Å². The van der Waals surface area contributed by atoms with Crippen LogP contribution in [0.4, 0.5) is 17.5 Å². The number of hydrogen-bond acceptors (Lipinski definition) is 7. The predicted octanol–water partition coefficient (Wildman–Crippen LogP) is 2.94. The van der Waals surface area contributed by atoms with Crippen LogP contribution < -0.4 is 15.5 Å². The van der Waals surface area contributed by atoms with Crippen molar-refractivity contribution in [2.45, 2.75) is 25.7 Å². The van der Waals surface area contributed by atoms with Crippen molar-refractivity contribution in [3.63, 3.8) is 0 Å². The lowest BCUT2D eigenvalue weighted by molar-refractivity contribution is 0.0827. The second kappa shape index (κ2) is 8.09. The molecule has 2 N–H and O–H groups in total. The first-order valence-corrected chi connectivity index (χ1v) is 12.0. The monoisotopic (exact) mass is 458 g/mol. The first-order valence-electron chi connectivity index (χ1n) is 12.0. The zero-order valence-electron chi connectivity index (χ0n) is 19.7. The van der Waals surface area contributed by atoms with Gasteiger partial charge in [0.15, 0.2) is 0 Å². The highest BCUT2D eigenvalue weighted by atomic mass is 16.2. The number of allylic oxidation sites excluding steroid dienone is 2. The van der Waals surface area contributed by atoms with Gasteiger partial charge in [-0.1, -0.05) is 6.08 Å². The molecule has 0 bridgehead atoms. The molecule has 1 spiro atoms. The zero-order valence-corrected chi connectivity index (χ0v) is 19.7. The molecule has 0 atom stereocenters. The highest BCUT2D eigenvalue weighted by Gasteiger charge is 2.44. The summed E-state index contributed by atoms with van der Waals surface area (Å²) in [6, 6.07) is 5.95. The van der Waals surface area contributed by atoms with Crippen LogP contribution in [0.5, 0.6) is 0 Å². The van der Waals surface area contributed by atoms with Crippen LogP contribution in [0.2, 0.25) is 0 Å². The van der Waals surface area contributed by atoms with E-state index in [9.17, 15) is 4.79 Å². The van der Waals surface area contributed by atoms with Crippen LogP contribution in [-0.4, -0.2) is 70.7 Å². The second-order valence-corrected chi connectivity index (χ2v) is 9.96. The highest BCUT2D eigenvalue weighted by molar-refractivity contribution is 6.00. The van der Waals surface area contributed by atoms with Gasteiger partial charge in [0.2, 0.25) is 5.95 Å². The number of nitrogens with one attached hydrogen (secondary N) is 2. The van der Waals surface area contributed by atoms with Crippen molar-refractivity contribution in [3.05, 3.63) is 47.9 Å². The highest BCUT2D eigenvalue weighted by Crippen LogP contribution is 2.39. The Hall–Kier alpha value is -3.46. The summed E-state index contributed by atoms with van der Waals surface area (Å²) in [6.45, 7) is 4.43. The number of rotatable bonds is 5. The number of carbonyl (C=O) groups excluding carboxylic acids is 1. The van der Waals surface area contributed by atoms with E-state index in [4.69, 9.17) is 5.10 Å². The Morgan fingerprint density at radius 3 is 2.76 bits per heavy atom. The maximum atomic E-state index is 12.9. The number of hydrogen-bond donors (Lipinski definition) is 2. The Balaban J connectivity index is 1.25. The van der Waals surface area contributed by atoms with Gasteiger partial charge in [0.05, 0.1) is 34.9 Å². The van der Waals surface area contributed by atoms with Gasteiger partial charge in [-0.05, 0) is 56.0 Å². The van der Waals surface area contributed by atoms with Gasteiger partial charge in [0, 0.05) is 39.1 Å². The summed E-state index contributed by atoms with van der Waals surface area (Å²) in [5.41, 5.74) is 5.10. The molecule has 1 amide bonds. The molecule has 2 aliphatic heterocycles. The van der Waals surface area contributed by atoms with E-state index in [1.807, 2.05) is 22.8 Å². The van der Waals surface area contributed by atoms with E-state index in [0.717, 1.165) is 62.3 Å². The SMILES string of the molecule is CN(C)C(=O)c1cc2cnc(Nc3ccc(N4CC5(CCNC5)C4)cn3)nn2c1C1=CCCC1. The van der Waals surface area contributed by atoms with E-state index in [1.165, 1.54) is 12.0 Å². The molecule has 0 saturated carbocycles. The van der Waals surface area contributed by atoms with Crippen LogP contribution in [0.3, 0.4) is 0 Å². The minimum Gasteiger partial charge on any atom is -0.369 e. The minimum atomic E-state index is -0.0266. The molecule has 2 fully saturated rings. The number of pyridine rings is 1. The van der Waals surface area contributed by atoms with Crippen LogP contribution in [-0.2, 0) is 0 Å². The summed E-state index contributed by atoms with van der Waals surface area (Å²) in [7, 11) is 3.55. The summed E-state index contributed by atoms with van der Waals surface area (Å²) in [5, 5.41) is 11.4. The van der Waals surface area contributed by atoms with Crippen molar-refractivity contribution < 1.29 is 4.79 Å². The number of amides is 1. The maximum Gasteiger partial charge on any atom is 0.255 e. The van der Waals surface area contributed by atoms with E-state index in [0.29, 0.717) is 22.7 Å². The molecular weight excluding hydrogens is 428 g/mol. The average molecular weight is 459 g/mol. The third-order valence-corrected chi connectivity index (χ3v) is 7.24. The first-order chi connectivity index (χ1) is 16.5. The van der Waals surface area contributed by atoms with Crippen molar-refractivity contribution in [2.75, 3.05) is 50.5 Å². The molecule has 0 aromatic carbocycles. The molecule has 1 aliphatic carbocycles. The van der Waals surface area contributed by atoms with E-state index in [-0.39, 0.29) is 5.91 Å². The third-order valence-electron chi connectivity index (χ3n) is 7.24. The molecule has 9 heteroatoms. The minimum absolute atomic E-state index is 0.0266. The molecular formula is C25H30N8O. The third kappa shape index (κ3) is 3.60. The van der Waals surface area contributed by atoms with Gasteiger partial charge in [-0.15, -0.1) is 5.10 Å². The second-order valence-electron chi connectivity index (χ2n) is 9.96. The topological polar surface area (TPSA) is 90.7 Å². The van der Waals surface area contributed by atoms with Crippen LogP contribution in [0, 0.1) is 5.41 Å². The van der Waals surface area contributed by atoms with Crippen LogP contribution in [0.1, 0.15) is 41.7 Å². The molecule has 2 saturated heterocycles. The summed E-state index contributed by atoms with van der Waals surface area (Å²) in [4.78, 5) is 25.9. The number of carbonyl (C=O) groups is 1. The van der Waals surface area contributed by atoms with E-state index in [2.05, 4.69) is 37.6 Å². The zero-order chi connectivity index (χ0) is 23.3. The Morgan fingerprint density at radius 1 is 1.21 bits per heavy atom. The lowest BCUT2D eigenvalue weighted by atomic mass is 9.79. The molecule has 3 aromatic heterocycles. The normalized spacial score (nSPS) is 18.9. The van der Waals surface area contributed by atoms with Crippen molar-refractivity contribution in [1.82, 2.24) is 29.8 Å². The summed E-state index contributed by atoms with van der Waals surface area (Å²) < 4.78 is 1.84. The molecule has 9 nitrogen and oxygen atoms in total. The van der Waals surface area contributed by atoms with Crippen LogP contribution in [0.25, 0.3) is 11.1 Å². The van der Waals surface area contributed by atoms with Crippen LogP contribution >= 0.6 is 0 Å². The van der Waals surface area contributed by atoms with Gasteiger partial charge in [-0.25, -0.2) is 14.5 Å². The quantitative estimate of drug-likeness (QED) is 0.608. The van der Waals surface area contributed by atoms with Crippen molar-refractivity contribution in [1.29, 1.82) is 0 Å².